The number of nitrogens with one attached hydrogen (secondary N) is 1. The number of hydrogen-bond donors (Lipinski definition) is 3. The number of nitrogen functional groups attached to an aromatic ring is 1. The molecule has 4 N–H and O–H groups in total. The molecule has 0 amide bonds. The Labute approximate surface area is 106 Å². The molecule has 0 aliphatic rings. The molecule has 0 aliphatic heterocycles. The molecule has 0 aromatic heterocycles. The molecular weight excluding hydrogens is 256 g/mol. The highest BCUT2D eigenvalue weighted by Crippen LogP contribution is 2.25. The van der Waals surface area contributed by atoms with Gasteiger partial charge in [-0.05, 0) is 31.0 Å². The van der Waals surface area contributed by atoms with Gasteiger partial charge in [-0.1, -0.05) is 6.07 Å². The molecule has 18 heavy (non-hydrogen) atoms. The van der Waals surface area contributed by atoms with Crippen molar-refractivity contribution in [3.8, 4) is 0 Å². The molecule has 1 aromatic carbocycles. The van der Waals surface area contributed by atoms with Crippen LogP contribution in [0.4, 0.5) is 11.4 Å². The quantitative estimate of drug-likeness (QED) is 0.695. The largest absolute Gasteiger partial charge is 0.481 e. The third-order valence-electron chi connectivity index (χ3n) is 2.58. The van der Waals surface area contributed by atoms with Gasteiger partial charge >= 0.3 is 5.97 Å². The summed E-state index contributed by atoms with van der Waals surface area (Å²) in [4.78, 5) is 10.4. The second-order valence-corrected chi connectivity index (χ2v) is 5.88. The number of sulfonamides is 1. The van der Waals surface area contributed by atoms with E-state index in [2.05, 4.69) is 4.72 Å². The number of carboxylic acids is 1. The minimum Gasteiger partial charge on any atom is -0.481 e. The lowest BCUT2D eigenvalue weighted by molar-refractivity contribution is -0.136. The summed E-state index contributed by atoms with van der Waals surface area (Å²) >= 11 is 0. The van der Waals surface area contributed by atoms with Crippen LogP contribution in [0.5, 0.6) is 0 Å². The van der Waals surface area contributed by atoms with Crippen LogP contribution in [0, 0.1) is 13.8 Å². The van der Waals surface area contributed by atoms with Crippen molar-refractivity contribution in [3.05, 3.63) is 23.3 Å². The Hall–Kier alpha value is -1.76. The Morgan fingerprint density at radius 3 is 2.56 bits per heavy atom. The lowest BCUT2D eigenvalue weighted by Crippen LogP contribution is -2.19. The zero-order chi connectivity index (χ0) is 13.9. The molecule has 0 aliphatic carbocycles. The van der Waals surface area contributed by atoms with Gasteiger partial charge in [0.2, 0.25) is 10.0 Å². The predicted molar refractivity (Wildman–Crippen MR) is 70.0 cm³/mol. The lowest BCUT2D eigenvalue weighted by Gasteiger charge is -2.13. The van der Waals surface area contributed by atoms with Crippen molar-refractivity contribution in [1.29, 1.82) is 0 Å². The molecule has 0 fully saturated rings. The number of rotatable bonds is 5. The van der Waals surface area contributed by atoms with Crippen molar-refractivity contribution in [3.63, 3.8) is 0 Å². The van der Waals surface area contributed by atoms with E-state index in [1.165, 1.54) is 0 Å². The van der Waals surface area contributed by atoms with Crippen molar-refractivity contribution in [2.75, 3.05) is 16.2 Å². The summed E-state index contributed by atoms with van der Waals surface area (Å²) in [5, 5.41) is 8.47. The van der Waals surface area contributed by atoms with Crippen molar-refractivity contribution in [2.24, 2.45) is 0 Å². The van der Waals surface area contributed by atoms with Crippen molar-refractivity contribution >= 4 is 27.4 Å². The van der Waals surface area contributed by atoms with Crippen molar-refractivity contribution < 1.29 is 18.3 Å². The molecule has 0 radical (unpaired) electrons. The van der Waals surface area contributed by atoms with Crippen LogP contribution in [0.2, 0.25) is 0 Å². The second kappa shape index (κ2) is 5.26. The smallest absolute Gasteiger partial charge is 0.304 e. The van der Waals surface area contributed by atoms with E-state index in [0.29, 0.717) is 16.9 Å². The van der Waals surface area contributed by atoms with Crippen LogP contribution in [0.15, 0.2) is 12.1 Å². The maximum atomic E-state index is 11.6. The van der Waals surface area contributed by atoms with Gasteiger partial charge in [0.15, 0.2) is 0 Å². The average Bonchev–Trinajstić information content (AvgIpc) is 2.28. The number of carbonyl (C=O) groups is 1. The number of hydrogen-bond acceptors (Lipinski definition) is 4. The summed E-state index contributed by atoms with van der Waals surface area (Å²) in [6.45, 7) is 3.53. The Bertz CT molecular complexity index is 567. The number of aliphatic carboxylic acids is 1. The normalized spacial score (nSPS) is 11.2. The van der Waals surface area contributed by atoms with Crippen LogP contribution in [-0.4, -0.2) is 25.2 Å². The fourth-order valence-electron chi connectivity index (χ4n) is 1.41. The van der Waals surface area contributed by atoms with Gasteiger partial charge in [-0.25, -0.2) is 8.42 Å². The first kappa shape index (κ1) is 14.3. The third-order valence-corrected chi connectivity index (χ3v) is 3.86. The van der Waals surface area contributed by atoms with Gasteiger partial charge in [0.25, 0.3) is 0 Å². The van der Waals surface area contributed by atoms with E-state index < -0.39 is 28.2 Å². The van der Waals surface area contributed by atoms with Crippen LogP contribution in [-0.2, 0) is 14.8 Å². The zero-order valence-electron chi connectivity index (χ0n) is 10.2. The molecular formula is C11H16N2O4S. The first-order chi connectivity index (χ1) is 8.23. The lowest BCUT2D eigenvalue weighted by atomic mass is 10.1. The van der Waals surface area contributed by atoms with Crippen molar-refractivity contribution in [2.45, 2.75) is 20.3 Å². The van der Waals surface area contributed by atoms with E-state index in [1.54, 1.807) is 19.1 Å². The highest BCUT2D eigenvalue weighted by molar-refractivity contribution is 7.92. The predicted octanol–water partition coefficient (Wildman–Crippen LogP) is 1.10. The molecule has 0 spiro atoms. The van der Waals surface area contributed by atoms with E-state index in [4.69, 9.17) is 10.8 Å². The van der Waals surface area contributed by atoms with Gasteiger partial charge in [-0.15, -0.1) is 0 Å². The van der Waals surface area contributed by atoms with Gasteiger partial charge < -0.3 is 10.8 Å². The van der Waals surface area contributed by atoms with Crippen LogP contribution in [0.3, 0.4) is 0 Å². The Morgan fingerprint density at radius 1 is 1.39 bits per heavy atom. The summed E-state index contributed by atoms with van der Waals surface area (Å²) < 4.78 is 25.6. The molecule has 0 saturated carbocycles. The molecule has 100 valence electrons. The van der Waals surface area contributed by atoms with Crippen LogP contribution in [0.25, 0.3) is 0 Å². The Balaban J connectivity index is 2.91. The van der Waals surface area contributed by atoms with Crippen molar-refractivity contribution in [1.82, 2.24) is 0 Å². The molecule has 1 aromatic rings. The fraction of sp³-hybridized carbons (Fsp3) is 0.364. The van der Waals surface area contributed by atoms with E-state index >= 15 is 0 Å². The number of carboxylic acid groups (broad SMARTS) is 1. The van der Waals surface area contributed by atoms with E-state index in [9.17, 15) is 13.2 Å². The number of benzene rings is 1. The van der Waals surface area contributed by atoms with Crippen LogP contribution < -0.4 is 10.5 Å². The van der Waals surface area contributed by atoms with E-state index in [-0.39, 0.29) is 0 Å². The molecule has 0 atom stereocenters. The highest BCUT2D eigenvalue weighted by Gasteiger charge is 2.15. The van der Waals surface area contributed by atoms with Gasteiger partial charge in [0.1, 0.15) is 0 Å². The molecule has 6 nitrogen and oxygen atoms in total. The number of nitrogens with two attached hydrogens (primary N) is 1. The molecule has 0 unspecified atom stereocenters. The summed E-state index contributed by atoms with van der Waals surface area (Å²) in [6.07, 6.45) is -0.435. The summed E-state index contributed by atoms with van der Waals surface area (Å²) in [7, 11) is -3.67. The fourth-order valence-corrected chi connectivity index (χ4v) is 2.52. The average molecular weight is 272 g/mol. The van der Waals surface area contributed by atoms with Gasteiger partial charge in [0, 0.05) is 5.69 Å². The SMILES string of the molecule is Cc1ccc(NS(=O)(=O)CCC(=O)O)c(C)c1N. The number of aryl methyl sites for hydroxylation is 1. The first-order valence-corrected chi connectivity index (χ1v) is 6.96. The first-order valence-electron chi connectivity index (χ1n) is 5.31. The topological polar surface area (TPSA) is 109 Å². The molecule has 0 bridgehead atoms. The maximum Gasteiger partial charge on any atom is 0.304 e. The van der Waals surface area contributed by atoms with Gasteiger partial charge in [-0.3, -0.25) is 9.52 Å². The van der Waals surface area contributed by atoms with Gasteiger partial charge in [0.05, 0.1) is 17.9 Å². The summed E-state index contributed by atoms with van der Waals surface area (Å²) in [6, 6.07) is 3.32. The molecule has 0 saturated heterocycles. The minimum atomic E-state index is -3.67. The second-order valence-electron chi connectivity index (χ2n) is 4.03. The molecule has 1 rings (SSSR count). The molecule has 7 heteroatoms. The van der Waals surface area contributed by atoms with Gasteiger partial charge in [-0.2, -0.15) is 0 Å². The Morgan fingerprint density at radius 2 is 2.00 bits per heavy atom. The zero-order valence-corrected chi connectivity index (χ0v) is 11.0. The number of anilines is 2. The highest BCUT2D eigenvalue weighted by atomic mass is 32.2. The van der Waals surface area contributed by atoms with E-state index in [0.717, 1.165) is 5.56 Å². The minimum absolute atomic E-state index is 0.378. The summed E-state index contributed by atoms with van der Waals surface area (Å²) in [5.74, 6) is -1.62. The van der Waals surface area contributed by atoms with Crippen LogP contribution in [0.1, 0.15) is 17.5 Å². The maximum absolute atomic E-state index is 11.6. The van der Waals surface area contributed by atoms with E-state index in [1.807, 2.05) is 6.92 Å². The Kier molecular flexibility index (Phi) is 4.18. The monoisotopic (exact) mass is 272 g/mol. The summed E-state index contributed by atoms with van der Waals surface area (Å²) in [5.41, 5.74) is 8.19. The molecule has 0 heterocycles. The third kappa shape index (κ3) is 3.63. The standard InChI is InChI=1S/C11H16N2O4S/c1-7-3-4-9(8(2)11(7)12)13-18(16,17)6-5-10(14)15/h3-4,13H,5-6,12H2,1-2H3,(H,14,15). The van der Waals surface area contributed by atoms with Crippen LogP contribution >= 0.6 is 0 Å².